The Kier molecular flexibility index (Phi) is 21.4. The van der Waals surface area contributed by atoms with Gasteiger partial charge in [0.1, 0.15) is 0 Å². The quantitative estimate of drug-likeness (QED) is 0.184. The molecule has 0 aromatic carbocycles. The van der Waals surface area contributed by atoms with Gasteiger partial charge in [-0.15, -0.1) is 0 Å². The molecule has 0 bridgehead atoms. The van der Waals surface area contributed by atoms with Gasteiger partial charge in [0.05, 0.1) is 0 Å². The van der Waals surface area contributed by atoms with Gasteiger partial charge in [0, 0.05) is 0 Å². The summed E-state index contributed by atoms with van der Waals surface area (Å²) in [5.41, 5.74) is 0. The van der Waals surface area contributed by atoms with Crippen molar-refractivity contribution in [2.75, 3.05) is 14.1 Å². The van der Waals surface area contributed by atoms with Crippen molar-refractivity contribution in [2.24, 2.45) is 0 Å². The zero-order valence-corrected chi connectivity index (χ0v) is 11.6. The van der Waals surface area contributed by atoms with E-state index in [0.29, 0.717) is 0 Å². The second kappa shape index (κ2) is 12.3. The molecule has 0 saturated heterocycles. The summed E-state index contributed by atoms with van der Waals surface area (Å²) in [6.07, 6.45) is 0. The third-order valence-electron chi connectivity index (χ3n) is 0. The maximum Gasteiger partial charge on any atom is 1.00 e. The Bertz CT molecular complexity index is 149. The normalized spacial score (nSPS) is 9.71. The van der Waals surface area contributed by atoms with Crippen molar-refractivity contribution in [3.05, 3.63) is 0 Å². The van der Waals surface area contributed by atoms with Crippen molar-refractivity contribution in [3.8, 4) is 0 Å². The topological polar surface area (TPSA) is 170 Å². The first-order valence-electron chi connectivity index (χ1n) is 2.55. The van der Waals surface area contributed by atoms with Crippen LogP contribution in [0.2, 0.25) is 0 Å². The van der Waals surface area contributed by atoms with Crippen LogP contribution in [0.3, 0.4) is 0 Å². The largest absolute Gasteiger partial charge is 1.00 e. The zero-order chi connectivity index (χ0) is 11.7. The second-order valence-electron chi connectivity index (χ2n) is 1.50. The Labute approximate surface area is 103 Å². The van der Waals surface area contributed by atoms with E-state index in [9.17, 15) is 0 Å². The van der Waals surface area contributed by atoms with E-state index in [2.05, 4.69) is 5.32 Å². The number of rotatable bonds is 0. The van der Waals surface area contributed by atoms with Gasteiger partial charge in [-0.3, -0.25) is 4.57 Å². The van der Waals surface area contributed by atoms with E-state index in [-0.39, 0.29) is 29.6 Å². The third-order valence-corrected chi connectivity index (χ3v) is 0. The van der Waals surface area contributed by atoms with Gasteiger partial charge >= 0.3 is 37.4 Å². The fourth-order valence-corrected chi connectivity index (χ4v) is 0. The molecule has 0 spiro atoms. The van der Waals surface area contributed by atoms with Crippen LogP contribution in [0, 0.1) is 0 Å². The molecule has 0 atom stereocenters. The Balaban J connectivity index is -0.0000000535. The number of hydrogen-bond acceptors (Lipinski definition) is 4. The molecular formula is C2H12NNaO8P2. The molecule has 0 aliphatic rings. The molecule has 14 heavy (non-hydrogen) atoms. The molecule has 9 nitrogen and oxygen atoms in total. The van der Waals surface area contributed by atoms with Crippen LogP contribution in [0.5, 0.6) is 0 Å². The van der Waals surface area contributed by atoms with Gasteiger partial charge < -0.3 is 34.7 Å². The van der Waals surface area contributed by atoms with Crippen molar-refractivity contribution < 1.29 is 68.0 Å². The summed E-state index contributed by atoms with van der Waals surface area (Å²) < 4.78 is 17.7. The molecule has 84 valence electrons. The van der Waals surface area contributed by atoms with E-state index in [1.807, 2.05) is 14.1 Å². The summed E-state index contributed by atoms with van der Waals surface area (Å²) in [4.78, 5) is 44.5. The molecule has 0 aliphatic carbocycles. The van der Waals surface area contributed by atoms with E-state index in [1.165, 1.54) is 0 Å². The van der Waals surface area contributed by atoms with Crippen LogP contribution in [-0.2, 0) is 9.13 Å². The van der Waals surface area contributed by atoms with Crippen LogP contribution in [-0.4, -0.2) is 38.6 Å². The van der Waals surface area contributed by atoms with E-state index in [0.717, 1.165) is 0 Å². The van der Waals surface area contributed by atoms with Crippen LogP contribution in [0.4, 0.5) is 0 Å². The summed E-state index contributed by atoms with van der Waals surface area (Å²) in [5.74, 6) is 0. The number of nitrogens with one attached hydrogen (secondary N) is 1. The standard InChI is InChI=1S/C2H7N.Na.2H3O4P/c1-3-2;;2*1-5(2,3)4/h3H,1-2H3;;2*(H3,1,2,3,4)/q;+1;;/p-1. The number of phosphoric acid groups is 2. The average molecular weight is 263 g/mol. The molecule has 0 aromatic rings. The average Bonchev–Trinajstić information content (AvgIpc) is 1.52. The van der Waals surface area contributed by atoms with Crippen molar-refractivity contribution >= 4 is 15.6 Å². The Hall–Kier alpha value is 1.18. The SMILES string of the molecule is CNC.O=P(O)(O)O.O=P([O-])(O)O.[Na+]. The molecule has 0 radical (unpaired) electrons. The summed E-state index contributed by atoms with van der Waals surface area (Å²) in [6.45, 7) is 0. The van der Waals surface area contributed by atoms with Crippen LogP contribution in [0.15, 0.2) is 0 Å². The van der Waals surface area contributed by atoms with E-state index < -0.39 is 15.6 Å². The molecule has 0 heterocycles. The Morgan fingerprint density at radius 2 is 1.00 bits per heavy atom. The van der Waals surface area contributed by atoms with Gasteiger partial charge in [-0.25, -0.2) is 4.57 Å². The summed E-state index contributed by atoms with van der Waals surface area (Å²) in [5, 5.41) is 2.75. The van der Waals surface area contributed by atoms with Gasteiger partial charge in [-0.05, 0) is 14.1 Å². The molecule has 0 fully saturated rings. The minimum absolute atomic E-state index is 0. The van der Waals surface area contributed by atoms with Gasteiger partial charge in [0.15, 0.2) is 0 Å². The first kappa shape index (κ1) is 24.4. The van der Waals surface area contributed by atoms with E-state index >= 15 is 0 Å². The van der Waals surface area contributed by atoms with Gasteiger partial charge in [-0.1, -0.05) is 0 Å². The Morgan fingerprint density at radius 1 is 1.00 bits per heavy atom. The molecule has 6 N–H and O–H groups in total. The van der Waals surface area contributed by atoms with Crippen LogP contribution in [0.1, 0.15) is 0 Å². The maximum atomic E-state index is 8.88. The van der Waals surface area contributed by atoms with Crippen molar-refractivity contribution in [1.29, 1.82) is 0 Å². The fourth-order valence-electron chi connectivity index (χ4n) is 0. The Morgan fingerprint density at radius 3 is 1.00 bits per heavy atom. The smallest absolute Gasteiger partial charge is 0.756 e. The third kappa shape index (κ3) is 1400. The van der Waals surface area contributed by atoms with Gasteiger partial charge in [0.25, 0.3) is 7.82 Å². The molecular weight excluding hydrogens is 251 g/mol. The summed E-state index contributed by atoms with van der Waals surface area (Å²) >= 11 is 0. The first-order valence-corrected chi connectivity index (χ1v) is 5.64. The summed E-state index contributed by atoms with van der Waals surface area (Å²) in [7, 11) is -5.78. The van der Waals surface area contributed by atoms with Gasteiger partial charge in [0.2, 0.25) is 0 Å². The van der Waals surface area contributed by atoms with Crippen LogP contribution >= 0.6 is 15.6 Å². The monoisotopic (exact) mass is 263 g/mol. The maximum absolute atomic E-state index is 8.88. The van der Waals surface area contributed by atoms with Gasteiger partial charge in [-0.2, -0.15) is 0 Å². The van der Waals surface area contributed by atoms with Crippen LogP contribution < -0.4 is 39.8 Å². The van der Waals surface area contributed by atoms with Crippen molar-refractivity contribution in [2.45, 2.75) is 0 Å². The molecule has 12 heteroatoms. The minimum Gasteiger partial charge on any atom is -0.756 e. The first-order chi connectivity index (χ1) is 5.41. The predicted octanol–water partition coefficient (Wildman–Crippen LogP) is -5.65. The number of hydrogen-bond donors (Lipinski definition) is 6. The second-order valence-corrected chi connectivity index (χ2v) is 3.51. The molecule has 0 unspecified atom stereocenters. The predicted molar refractivity (Wildman–Crippen MR) is 41.3 cm³/mol. The molecule has 0 rings (SSSR count). The minimum atomic E-state index is -4.89. The molecule has 0 aliphatic heterocycles. The van der Waals surface area contributed by atoms with Crippen LogP contribution in [0.25, 0.3) is 0 Å². The zero-order valence-electron chi connectivity index (χ0n) is 7.86. The molecule has 0 amide bonds. The molecule has 0 aromatic heterocycles. The van der Waals surface area contributed by atoms with E-state index in [1.54, 1.807) is 0 Å². The van der Waals surface area contributed by atoms with Crippen molar-refractivity contribution in [3.63, 3.8) is 0 Å². The summed E-state index contributed by atoms with van der Waals surface area (Å²) in [6, 6.07) is 0. The van der Waals surface area contributed by atoms with E-state index in [4.69, 9.17) is 38.5 Å². The fraction of sp³-hybridized carbons (Fsp3) is 1.00. The van der Waals surface area contributed by atoms with Crippen molar-refractivity contribution in [1.82, 2.24) is 5.32 Å². The molecule has 0 saturated carbocycles.